The van der Waals surface area contributed by atoms with Gasteiger partial charge in [-0.2, -0.15) is 0 Å². The fraction of sp³-hybridized carbons (Fsp3) is 0.294. The lowest BCUT2D eigenvalue weighted by molar-refractivity contribution is 0.354. The van der Waals surface area contributed by atoms with Crippen LogP contribution in [-0.2, 0) is 6.42 Å². The number of benzene rings is 2. The highest BCUT2D eigenvalue weighted by Gasteiger charge is 2.10. The van der Waals surface area contributed by atoms with Crippen LogP contribution in [0.1, 0.15) is 24.0 Å². The van der Waals surface area contributed by atoms with E-state index in [9.17, 15) is 0 Å². The molecule has 2 aromatic carbocycles. The molecule has 20 heavy (non-hydrogen) atoms. The molecule has 2 nitrogen and oxygen atoms in total. The van der Waals surface area contributed by atoms with Gasteiger partial charge in [-0.3, -0.25) is 0 Å². The molecule has 0 aliphatic rings. The number of hydrogen-bond donors (Lipinski definition) is 0. The van der Waals surface area contributed by atoms with Crippen molar-refractivity contribution in [2.45, 2.75) is 19.3 Å². The van der Waals surface area contributed by atoms with Crippen molar-refractivity contribution in [2.75, 3.05) is 14.2 Å². The second kappa shape index (κ2) is 6.67. The first-order valence-corrected chi connectivity index (χ1v) is 6.98. The third kappa shape index (κ3) is 3.45. The molecule has 2 aromatic rings. The fourth-order valence-corrected chi connectivity index (χ4v) is 2.49. The van der Waals surface area contributed by atoms with Crippen molar-refractivity contribution >= 4 is 11.6 Å². The molecule has 0 heterocycles. The molecule has 3 heteroatoms. The van der Waals surface area contributed by atoms with Gasteiger partial charge in [0.1, 0.15) is 0 Å². The highest BCUT2D eigenvalue weighted by atomic mass is 35.5. The molecule has 0 aromatic heterocycles. The zero-order chi connectivity index (χ0) is 14.5. The molecule has 1 atom stereocenters. The standard InChI is InChI=1S/C17H19ClO2/c1-12(14-5-4-6-15(18)11-14)9-13-7-8-16(19-2)17(10-13)20-3/h4-8,10-12H,9H2,1-3H3. The van der Waals surface area contributed by atoms with E-state index in [1.165, 1.54) is 11.1 Å². The summed E-state index contributed by atoms with van der Waals surface area (Å²) >= 11 is 6.04. The van der Waals surface area contributed by atoms with Crippen LogP contribution in [0.3, 0.4) is 0 Å². The maximum atomic E-state index is 6.04. The van der Waals surface area contributed by atoms with Crippen LogP contribution in [0.2, 0.25) is 5.02 Å². The lowest BCUT2D eigenvalue weighted by Gasteiger charge is -2.14. The number of rotatable bonds is 5. The van der Waals surface area contributed by atoms with Crippen LogP contribution in [0.4, 0.5) is 0 Å². The van der Waals surface area contributed by atoms with Gasteiger partial charge in [-0.05, 0) is 47.7 Å². The molecule has 0 fully saturated rings. The van der Waals surface area contributed by atoms with Gasteiger partial charge in [-0.1, -0.05) is 36.7 Å². The summed E-state index contributed by atoms with van der Waals surface area (Å²) in [5.41, 5.74) is 2.46. The lowest BCUT2D eigenvalue weighted by atomic mass is 9.93. The summed E-state index contributed by atoms with van der Waals surface area (Å²) in [6.45, 7) is 2.20. The minimum atomic E-state index is 0.395. The van der Waals surface area contributed by atoms with Crippen molar-refractivity contribution in [1.29, 1.82) is 0 Å². The van der Waals surface area contributed by atoms with Crippen LogP contribution in [0.5, 0.6) is 11.5 Å². The molecule has 0 spiro atoms. The van der Waals surface area contributed by atoms with Gasteiger partial charge in [0.05, 0.1) is 14.2 Å². The van der Waals surface area contributed by atoms with Crippen LogP contribution in [0.25, 0.3) is 0 Å². The topological polar surface area (TPSA) is 18.5 Å². The van der Waals surface area contributed by atoms with Gasteiger partial charge in [0.25, 0.3) is 0 Å². The number of methoxy groups -OCH3 is 2. The van der Waals surface area contributed by atoms with E-state index >= 15 is 0 Å². The summed E-state index contributed by atoms with van der Waals surface area (Å²) in [6.07, 6.45) is 0.931. The smallest absolute Gasteiger partial charge is 0.160 e. The first kappa shape index (κ1) is 14.7. The summed E-state index contributed by atoms with van der Waals surface area (Å²) < 4.78 is 10.6. The normalized spacial score (nSPS) is 12.0. The largest absolute Gasteiger partial charge is 0.493 e. The Morgan fingerprint density at radius 3 is 2.40 bits per heavy atom. The molecule has 0 aliphatic carbocycles. The first-order valence-electron chi connectivity index (χ1n) is 6.60. The zero-order valence-electron chi connectivity index (χ0n) is 12.0. The summed E-state index contributed by atoms with van der Waals surface area (Å²) in [5.74, 6) is 1.92. The van der Waals surface area contributed by atoms with Crippen molar-refractivity contribution in [2.24, 2.45) is 0 Å². The van der Waals surface area contributed by atoms with Crippen molar-refractivity contribution in [3.05, 3.63) is 58.6 Å². The number of hydrogen-bond acceptors (Lipinski definition) is 2. The summed E-state index contributed by atoms with van der Waals surface area (Å²) in [7, 11) is 3.30. The van der Waals surface area contributed by atoms with Crippen molar-refractivity contribution < 1.29 is 9.47 Å². The van der Waals surface area contributed by atoms with E-state index in [2.05, 4.69) is 19.1 Å². The fourth-order valence-electron chi connectivity index (χ4n) is 2.29. The highest BCUT2D eigenvalue weighted by molar-refractivity contribution is 6.30. The summed E-state index contributed by atoms with van der Waals surface area (Å²) in [4.78, 5) is 0. The summed E-state index contributed by atoms with van der Waals surface area (Å²) in [6, 6.07) is 14.1. The molecule has 0 radical (unpaired) electrons. The lowest BCUT2D eigenvalue weighted by Crippen LogP contribution is -1.99. The van der Waals surface area contributed by atoms with Gasteiger partial charge in [-0.25, -0.2) is 0 Å². The minimum absolute atomic E-state index is 0.395. The Balaban J connectivity index is 2.17. The van der Waals surface area contributed by atoms with E-state index in [1.54, 1.807) is 14.2 Å². The van der Waals surface area contributed by atoms with Gasteiger partial charge in [0, 0.05) is 5.02 Å². The molecular formula is C17H19ClO2. The Morgan fingerprint density at radius 2 is 1.75 bits per heavy atom. The second-order valence-electron chi connectivity index (χ2n) is 4.85. The highest BCUT2D eigenvalue weighted by Crippen LogP contribution is 2.30. The van der Waals surface area contributed by atoms with E-state index in [-0.39, 0.29) is 0 Å². The Labute approximate surface area is 125 Å². The quantitative estimate of drug-likeness (QED) is 0.794. The van der Waals surface area contributed by atoms with Crippen LogP contribution in [0.15, 0.2) is 42.5 Å². The zero-order valence-corrected chi connectivity index (χ0v) is 12.8. The molecular weight excluding hydrogens is 272 g/mol. The third-order valence-electron chi connectivity index (χ3n) is 3.41. The third-order valence-corrected chi connectivity index (χ3v) is 3.64. The average Bonchev–Trinajstić information content (AvgIpc) is 2.47. The van der Waals surface area contributed by atoms with Gasteiger partial charge in [0.2, 0.25) is 0 Å². The van der Waals surface area contributed by atoms with Crippen LogP contribution in [-0.4, -0.2) is 14.2 Å². The Bertz CT molecular complexity index is 581. The number of ether oxygens (including phenoxy) is 2. The maximum absolute atomic E-state index is 6.04. The molecule has 0 N–H and O–H groups in total. The molecule has 0 saturated heterocycles. The SMILES string of the molecule is COc1ccc(CC(C)c2cccc(Cl)c2)cc1OC. The molecule has 0 amide bonds. The Kier molecular flexibility index (Phi) is 4.91. The van der Waals surface area contributed by atoms with Gasteiger partial charge in [-0.15, -0.1) is 0 Å². The first-order chi connectivity index (χ1) is 9.63. The van der Waals surface area contributed by atoms with E-state index in [1.807, 2.05) is 30.3 Å². The molecule has 1 unspecified atom stereocenters. The molecule has 0 aliphatic heterocycles. The van der Waals surface area contributed by atoms with Crippen LogP contribution < -0.4 is 9.47 Å². The van der Waals surface area contributed by atoms with Crippen molar-refractivity contribution in [1.82, 2.24) is 0 Å². The monoisotopic (exact) mass is 290 g/mol. The maximum Gasteiger partial charge on any atom is 0.160 e. The minimum Gasteiger partial charge on any atom is -0.493 e. The average molecular weight is 291 g/mol. The van der Waals surface area contributed by atoms with Gasteiger partial charge >= 0.3 is 0 Å². The van der Waals surface area contributed by atoms with Gasteiger partial charge in [0.15, 0.2) is 11.5 Å². The second-order valence-corrected chi connectivity index (χ2v) is 5.29. The van der Waals surface area contributed by atoms with E-state index in [0.717, 1.165) is 22.9 Å². The van der Waals surface area contributed by atoms with E-state index < -0.39 is 0 Å². The van der Waals surface area contributed by atoms with Crippen LogP contribution >= 0.6 is 11.6 Å². The van der Waals surface area contributed by atoms with Crippen LogP contribution in [0, 0.1) is 0 Å². The molecule has 0 bridgehead atoms. The van der Waals surface area contributed by atoms with Crippen molar-refractivity contribution in [3.63, 3.8) is 0 Å². The molecule has 106 valence electrons. The Morgan fingerprint density at radius 1 is 1.00 bits per heavy atom. The van der Waals surface area contributed by atoms with E-state index in [0.29, 0.717) is 5.92 Å². The predicted octanol–water partition coefficient (Wildman–Crippen LogP) is 4.70. The molecule has 2 rings (SSSR count). The van der Waals surface area contributed by atoms with Gasteiger partial charge < -0.3 is 9.47 Å². The van der Waals surface area contributed by atoms with Crippen molar-refractivity contribution in [3.8, 4) is 11.5 Å². The number of halogens is 1. The van der Waals surface area contributed by atoms with E-state index in [4.69, 9.17) is 21.1 Å². The summed E-state index contributed by atoms with van der Waals surface area (Å²) in [5, 5.41) is 0.779. The molecule has 0 saturated carbocycles. The predicted molar refractivity (Wildman–Crippen MR) is 83.1 cm³/mol. The Hall–Kier alpha value is -1.67.